The van der Waals surface area contributed by atoms with Crippen LogP contribution in [0.3, 0.4) is 0 Å². The SMILES string of the molecule is CCC1(O)CCCC(CC(C)C)C1. The minimum absolute atomic E-state index is 0.322. The summed E-state index contributed by atoms with van der Waals surface area (Å²) in [6.45, 7) is 6.66. The molecule has 1 heteroatoms. The van der Waals surface area contributed by atoms with Gasteiger partial charge in [-0.15, -0.1) is 0 Å². The van der Waals surface area contributed by atoms with E-state index in [0.717, 1.165) is 31.1 Å². The number of aliphatic hydroxyl groups is 1. The number of rotatable bonds is 3. The fourth-order valence-electron chi connectivity index (χ4n) is 2.65. The van der Waals surface area contributed by atoms with Gasteiger partial charge >= 0.3 is 0 Å². The van der Waals surface area contributed by atoms with Gasteiger partial charge in [-0.1, -0.05) is 33.6 Å². The van der Waals surface area contributed by atoms with Crippen LogP contribution in [-0.4, -0.2) is 10.7 Å². The van der Waals surface area contributed by atoms with Crippen molar-refractivity contribution < 1.29 is 5.11 Å². The molecule has 1 aliphatic carbocycles. The van der Waals surface area contributed by atoms with E-state index in [-0.39, 0.29) is 5.60 Å². The maximum atomic E-state index is 10.2. The van der Waals surface area contributed by atoms with Gasteiger partial charge in [-0.25, -0.2) is 0 Å². The van der Waals surface area contributed by atoms with E-state index >= 15 is 0 Å². The zero-order chi connectivity index (χ0) is 9.90. The smallest absolute Gasteiger partial charge is 0.0647 e. The summed E-state index contributed by atoms with van der Waals surface area (Å²) >= 11 is 0. The fourth-order valence-corrected chi connectivity index (χ4v) is 2.65. The maximum absolute atomic E-state index is 10.2. The van der Waals surface area contributed by atoms with E-state index in [1.807, 2.05) is 0 Å². The second-order valence-corrected chi connectivity index (χ2v) is 5.17. The zero-order valence-electron chi connectivity index (χ0n) is 9.34. The molecule has 1 rings (SSSR count). The van der Waals surface area contributed by atoms with Gasteiger partial charge in [-0.05, 0) is 37.5 Å². The molecule has 0 aromatic rings. The summed E-state index contributed by atoms with van der Waals surface area (Å²) in [6.07, 6.45) is 6.85. The molecule has 0 amide bonds. The predicted molar refractivity (Wildman–Crippen MR) is 56.7 cm³/mol. The zero-order valence-corrected chi connectivity index (χ0v) is 9.34. The van der Waals surface area contributed by atoms with E-state index in [4.69, 9.17) is 0 Å². The van der Waals surface area contributed by atoms with Gasteiger partial charge in [0.25, 0.3) is 0 Å². The molecule has 0 aromatic heterocycles. The first-order chi connectivity index (χ1) is 6.06. The Bertz CT molecular complexity index is 153. The summed E-state index contributed by atoms with van der Waals surface area (Å²) in [5.41, 5.74) is -0.322. The summed E-state index contributed by atoms with van der Waals surface area (Å²) in [7, 11) is 0. The fraction of sp³-hybridized carbons (Fsp3) is 1.00. The van der Waals surface area contributed by atoms with Crippen LogP contribution in [0.1, 0.15) is 59.3 Å². The van der Waals surface area contributed by atoms with Crippen LogP contribution in [-0.2, 0) is 0 Å². The van der Waals surface area contributed by atoms with Crippen molar-refractivity contribution in [2.75, 3.05) is 0 Å². The highest BCUT2D eigenvalue weighted by Crippen LogP contribution is 2.37. The van der Waals surface area contributed by atoms with Gasteiger partial charge in [0.15, 0.2) is 0 Å². The highest BCUT2D eigenvalue weighted by atomic mass is 16.3. The molecule has 13 heavy (non-hydrogen) atoms. The van der Waals surface area contributed by atoms with E-state index in [2.05, 4.69) is 20.8 Å². The molecule has 0 bridgehead atoms. The molecular formula is C12H24O. The molecule has 0 spiro atoms. The second-order valence-electron chi connectivity index (χ2n) is 5.17. The summed E-state index contributed by atoms with van der Waals surface area (Å²) < 4.78 is 0. The Hall–Kier alpha value is -0.0400. The van der Waals surface area contributed by atoms with Crippen LogP contribution in [0.15, 0.2) is 0 Å². The Balaban J connectivity index is 2.42. The first kappa shape index (κ1) is 11.0. The van der Waals surface area contributed by atoms with Crippen LogP contribution in [0.4, 0.5) is 0 Å². The first-order valence-electron chi connectivity index (χ1n) is 5.78. The molecule has 1 nitrogen and oxygen atoms in total. The molecule has 1 N–H and O–H groups in total. The third-order valence-electron chi connectivity index (χ3n) is 3.39. The molecule has 2 atom stereocenters. The van der Waals surface area contributed by atoms with Crippen LogP contribution in [0.25, 0.3) is 0 Å². The molecule has 2 unspecified atom stereocenters. The van der Waals surface area contributed by atoms with Crippen molar-refractivity contribution in [2.24, 2.45) is 11.8 Å². The average Bonchev–Trinajstić information content (AvgIpc) is 2.03. The molecule has 0 aliphatic heterocycles. The van der Waals surface area contributed by atoms with Crippen molar-refractivity contribution in [2.45, 2.75) is 64.9 Å². The lowest BCUT2D eigenvalue weighted by atomic mass is 9.74. The van der Waals surface area contributed by atoms with Crippen LogP contribution < -0.4 is 0 Å². The number of hydrogen-bond donors (Lipinski definition) is 1. The van der Waals surface area contributed by atoms with Crippen LogP contribution in [0.2, 0.25) is 0 Å². The van der Waals surface area contributed by atoms with Crippen molar-refractivity contribution in [1.82, 2.24) is 0 Å². The number of hydrogen-bond acceptors (Lipinski definition) is 1. The highest BCUT2D eigenvalue weighted by molar-refractivity contribution is 4.85. The lowest BCUT2D eigenvalue weighted by molar-refractivity contribution is -0.0223. The van der Waals surface area contributed by atoms with Gasteiger partial charge in [-0.2, -0.15) is 0 Å². The van der Waals surface area contributed by atoms with Crippen molar-refractivity contribution in [1.29, 1.82) is 0 Å². The predicted octanol–water partition coefficient (Wildman–Crippen LogP) is 3.36. The maximum Gasteiger partial charge on any atom is 0.0647 e. The Morgan fingerprint density at radius 2 is 2.15 bits per heavy atom. The van der Waals surface area contributed by atoms with E-state index in [1.54, 1.807) is 0 Å². The standard InChI is InChI=1S/C12H24O/c1-4-12(13)7-5-6-11(9-12)8-10(2)3/h10-11,13H,4-9H2,1-3H3. The molecule has 0 saturated heterocycles. The molecule has 0 aromatic carbocycles. The molecule has 1 aliphatic rings. The second kappa shape index (κ2) is 4.45. The van der Waals surface area contributed by atoms with Crippen LogP contribution in [0.5, 0.6) is 0 Å². The van der Waals surface area contributed by atoms with Crippen molar-refractivity contribution in [3.8, 4) is 0 Å². The summed E-state index contributed by atoms with van der Waals surface area (Å²) in [5.74, 6) is 1.56. The molecule has 0 radical (unpaired) electrons. The Morgan fingerprint density at radius 1 is 1.46 bits per heavy atom. The summed E-state index contributed by atoms with van der Waals surface area (Å²) in [6, 6.07) is 0. The molecule has 78 valence electrons. The van der Waals surface area contributed by atoms with Gasteiger partial charge in [0.1, 0.15) is 0 Å². The minimum Gasteiger partial charge on any atom is -0.390 e. The van der Waals surface area contributed by atoms with Crippen LogP contribution >= 0.6 is 0 Å². The lowest BCUT2D eigenvalue weighted by Gasteiger charge is -2.36. The normalized spacial score (nSPS) is 35.3. The molecule has 0 heterocycles. The minimum atomic E-state index is -0.322. The topological polar surface area (TPSA) is 20.2 Å². The quantitative estimate of drug-likeness (QED) is 0.713. The van der Waals surface area contributed by atoms with E-state index in [1.165, 1.54) is 19.3 Å². The third-order valence-corrected chi connectivity index (χ3v) is 3.39. The van der Waals surface area contributed by atoms with Gasteiger partial charge < -0.3 is 5.11 Å². The summed E-state index contributed by atoms with van der Waals surface area (Å²) in [4.78, 5) is 0. The van der Waals surface area contributed by atoms with Crippen LogP contribution in [0, 0.1) is 11.8 Å². The van der Waals surface area contributed by atoms with E-state index in [9.17, 15) is 5.11 Å². The van der Waals surface area contributed by atoms with E-state index < -0.39 is 0 Å². The summed E-state index contributed by atoms with van der Waals surface area (Å²) in [5, 5.41) is 10.2. The average molecular weight is 184 g/mol. The molecule has 1 fully saturated rings. The lowest BCUT2D eigenvalue weighted by Crippen LogP contribution is -2.34. The van der Waals surface area contributed by atoms with E-state index in [0.29, 0.717) is 0 Å². The molecular weight excluding hydrogens is 160 g/mol. The Labute approximate surface area is 82.5 Å². The van der Waals surface area contributed by atoms with Gasteiger partial charge in [-0.3, -0.25) is 0 Å². The van der Waals surface area contributed by atoms with Crippen molar-refractivity contribution >= 4 is 0 Å². The largest absolute Gasteiger partial charge is 0.390 e. The third kappa shape index (κ3) is 3.30. The first-order valence-corrected chi connectivity index (χ1v) is 5.78. The monoisotopic (exact) mass is 184 g/mol. The molecule has 1 saturated carbocycles. The van der Waals surface area contributed by atoms with Crippen molar-refractivity contribution in [3.63, 3.8) is 0 Å². The van der Waals surface area contributed by atoms with Crippen molar-refractivity contribution in [3.05, 3.63) is 0 Å². The van der Waals surface area contributed by atoms with Gasteiger partial charge in [0.05, 0.1) is 5.60 Å². The Kier molecular flexibility index (Phi) is 3.78. The highest BCUT2D eigenvalue weighted by Gasteiger charge is 2.32. The Morgan fingerprint density at radius 3 is 2.69 bits per heavy atom. The van der Waals surface area contributed by atoms with Gasteiger partial charge in [0, 0.05) is 0 Å². The van der Waals surface area contributed by atoms with Gasteiger partial charge in [0.2, 0.25) is 0 Å².